The van der Waals surface area contributed by atoms with E-state index in [1.807, 2.05) is 24.3 Å². The maximum atomic E-state index is 11.1. The monoisotopic (exact) mass is 258 g/mol. The molecule has 0 radical (unpaired) electrons. The van der Waals surface area contributed by atoms with E-state index in [0.717, 1.165) is 5.56 Å². The van der Waals surface area contributed by atoms with Gasteiger partial charge in [-0.05, 0) is 12.1 Å². The van der Waals surface area contributed by atoms with Crippen LogP contribution in [0.4, 0.5) is 0 Å². The van der Waals surface area contributed by atoms with E-state index in [2.05, 4.69) is 9.97 Å². The Hall–Kier alpha value is -2.43. The third kappa shape index (κ3) is 3.07. The number of carboxylic acid groups (broad SMARTS) is 1. The number of methoxy groups -OCH3 is 1. The molecule has 0 bridgehead atoms. The minimum Gasteiger partial charge on any atom is -0.496 e. The van der Waals surface area contributed by atoms with Crippen molar-refractivity contribution in [1.82, 2.24) is 9.97 Å². The highest BCUT2D eigenvalue weighted by atomic mass is 16.5. The Kier molecular flexibility index (Phi) is 4.07. The average Bonchev–Trinajstić information content (AvgIpc) is 2.45. The van der Waals surface area contributed by atoms with Crippen LogP contribution in [0.3, 0.4) is 0 Å². The quantitative estimate of drug-likeness (QED) is 0.889. The fourth-order valence-corrected chi connectivity index (χ4v) is 2.01. The first-order valence-corrected chi connectivity index (χ1v) is 5.83. The lowest BCUT2D eigenvalue weighted by Gasteiger charge is -2.17. The fourth-order valence-electron chi connectivity index (χ4n) is 2.01. The van der Waals surface area contributed by atoms with E-state index in [1.165, 1.54) is 6.33 Å². The van der Waals surface area contributed by atoms with Gasteiger partial charge in [-0.1, -0.05) is 18.2 Å². The third-order valence-electron chi connectivity index (χ3n) is 2.85. The Bertz CT molecular complexity index is 558. The van der Waals surface area contributed by atoms with Gasteiger partial charge in [0.05, 0.1) is 19.2 Å². The van der Waals surface area contributed by atoms with E-state index < -0.39 is 5.97 Å². The lowest BCUT2D eigenvalue weighted by atomic mass is 9.91. The summed E-state index contributed by atoms with van der Waals surface area (Å²) in [5.41, 5.74) is 1.48. The van der Waals surface area contributed by atoms with Crippen molar-refractivity contribution in [3.05, 3.63) is 54.1 Å². The second-order valence-electron chi connectivity index (χ2n) is 4.03. The van der Waals surface area contributed by atoms with Crippen LogP contribution in [-0.2, 0) is 4.79 Å². The zero-order valence-corrected chi connectivity index (χ0v) is 10.5. The third-order valence-corrected chi connectivity index (χ3v) is 2.85. The number of carbonyl (C=O) groups is 1. The summed E-state index contributed by atoms with van der Waals surface area (Å²) >= 11 is 0. The summed E-state index contributed by atoms with van der Waals surface area (Å²) in [7, 11) is 1.57. The smallest absolute Gasteiger partial charge is 0.304 e. The summed E-state index contributed by atoms with van der Waals surface area (Å²) in [6.45, 7) is 0. The number of hydrogen-bond acceptors (Lipinski definition) is 4. The van der Waals surface area contributed by atoms with E-state index in [1.54, 1.807) is 19.4 Å². The lowest BCUT2D eigenvalue weighted by molar-refractivity contribution is -0.137. The van der Waals surface area contributed by atoms with Gasteiger partial charge in [0.25, 0.3) is 0 Å². The van der Waals surface area contributed by atoms with Crippen molar-refractivity contribution in [2.45, 2.75) is 12.3 Å². The molecule has 0 aliphatic carbocycles. The van der Waals surface area contributed by atoms with Crippen LogP contribution in [-0.4, -0.2) is 28.2 Å². The molecule has 5 heteroatoms. The minimum absolute atomic E-state index is 0.0443. The van der Waals surface area contributed by atoms with E-state index in [0.29, 0.717) is 11.4 Å². The van der Waals surface area contributed by atoms with E-state index in [4.69, 9.17) is 9.84 Å². The molecule has 1 aromatic carbocycles. The van der Waals surface area contributed by atoms with Gasteiger partial charge in [-0.15, -0.1) is 0 Å². The van der Waals surface area contributed by atoms with E-state index in [-0.39, 0.29) is 12.3 Å². The van der Waals surface area contributed by atoms with Gasteiger partial charge in [0, 0.05) is 17.7 Å². The predicted molar refractivity (Wildman–Crippen MR) is 69.1 cm³/mol. The largest absolute Gasteiger partial charge is 0.496 e. The van der Waals surface area contributed by atoms with Gasteiger partial charge in [-0.3, -0.25) is 4.79 Å². The van der Waals surface area contributed by atoms with Crippen molar-refractivity contribution < 1.29 is 14.6 Å². The molecule has 0 aliphatic rings. The summed E-state index contributed by atoms with van der Waals surface area (Å²) in [6, 6.07) is 9.09. The van der Waals surface area contributed by atoms with Crippen LogP contribution in [0.25, 0.3) is 0 Å². The van der Waals surface area contributed by atoms with Gasteiger partial charge in [-0.25, -0.2) is 9.97 Å². The molecular formula is C14H14N2O3. The number of nitrogens with zero attached hydrogens (tertiary/aromatic N) is 2. The normalized spacial score (nSPS) is 11.8. The molecule has 2 rings (SSSR count). The van der Waals surface area contributed by atoms with Gasteiger partial charge >= 0.3 is 5.97 Å². The summed E-state index contributed by atoms with van der Waals surface area (Å²) in [5, 5.41) is 9.09. The Morgan fingerprint density at radius 2 is 2.16 bits per heavy atom. The number of rotatable bonds is 5. The molecule has 1 atom stereocenters. The van der Waals surface area contributed by atoms with Crippen LogP contribution < -0.4 is 4.74 Å². The Morgan fingerprint density at radius 1 is 1.37 bits per heavy atom. The molecule has 0 saturated carbocycles. The van der Waals surface area contributed by atoms with Crippen LogP contribution >= 0.6 is 0 Å². The van der Waals surface area contributed by atoms with Crippen LogP contribution in [0.15, 0.2) is 42.9 Å². The van der Waals surface area contributed by atoms with Crippen LogP contribution in [0, 0.1) is 0 Å². The van der Waals surface area contributed by atoms with E-state index in [9.17, 15) is 4.79 Å². The van der Waals surface area contributed by atoms with Gasteiger partial charge in [-0.2, -0.15) is 0 Å². The van der Waals surface area contributed by atoms with Crippen molar-refractivity contribution in [2.24, 2.45) is 0 Å². The summed E-state index contributed by atoms with van der Waals surface area (Å²) in [4.78, 5) is 19.1. The van der Waals surface area contributed by atoms with Crippen LogP contribution in [0.2, 0.25) is 0 Å². The molecule has 2 aromatic rings. The first kappa shape index (κ1) is 13.0. The minimum atomic E-state index is -0.880. The topological polar surface area (TPSA) is 72.3 Å². The zero-order chi connectivity index (χ0) is 13.7. The van der Waals surface area contributed by atoms with Gasteiger partial charge in [0.2, 0.25) is 0 Å². The van der Waals surface area contributed by atoms with Gasteiger partial charge < -0.3 is 9.84 Å². The first-order chi connectivity index (χ1) is 9.22. The maximum absolute atomic E-state index is 11.1. The zero-order valence-electron chi connectivity index (χ0n) is 10.5. The van der Waals surface area contributed by atoms with Crippen molar-refractivity contribution in [2.75, 3.05) is 7.11 Å². The SMILES string of the molecule is COc1ccccc1C(CC(=O)O)c1ccncn1. The van der Waals surface area contributed by atoms with Crippen molar-refractivity contribution >= 4 is 5.97 Å². The number of para-hydroxylation sites is 1. The molecule has 0 aliphatic heterocycles. The lowest BCUT2D eigenvalue weighted by Crippen LogP contribution is -2.10. The van der Waals surface area contributed by atoms with Crippen molar-refractivity contribution in [1.29, 1.82) is 0 Å². The van der Waals surface area contributed by atoms with Gasteiger partial charge in [0.1, 0.15) is 12.1 Å². The molecule has 0 fully saturated rings. The summed E-state index contributed by atoms with van der Waals surface area (Å²) in [5.74, 6) is -0.571. The molecule has 1 heterocycles. The molecule has 1 aromatic heterocycles. The second kappa shape index (κ2) is 5.95. The van der Waals surface area contributed by atoms with Crippen LogP contribution in [0.1, 0.15) is 23.6 Å². The summed E-state index contributed by atoms with van der Waals surface area (Å²) < 4.78 is 5.29. The Morgan fingerprint density at radius 3 is 2.79 bits per heavy atom. The maximum Gasteiger partial charge on any atom is 0.304 e. The molecule has 0 amide bonds. The number of hydrogen-bond donors (Lipinski definition) is 1. The van der Waals surface area contributed by atoms with Crippen molar-refractivity contribution in [3.63, 3.8) is 0 Å². The van der Waals surface area contributed by atoms with Crippen molar-refractivity contribution in [3.8, 4) is 5.75 Å². The highest BCUT2D eigenvalue weighted by Gasteiger charge is 2.22. The number of carboxylic acids is 1. The number of aliphatic carboxylic acids is 1. The molecule has 1 unspecified atom stereocenters. The molecule has 0 saturated heterocycles. The molecule has 5 nitrogen and oxygen atoms in total. The standard InChI is InChI=1S/C14H14N2O3/c1-19-13-5-3-2-4-10(13)11(8-14(17)18)12-6-7-15-9-16-12/h2-7,9,11H,8H2,1H3,(H,17,18). The number of benzene rings is 1. The van der Waals surface area contributed by atoms with Crippen LogP contribution in [0.5, 0.6) is 5.75 Å². The number of aromatic nitrogens is 2. The molecule has 0 spiro atoms. The fraction of sp³-hybridized carbons (Fsp3) is 0.214. The highest BCUT2D eigenvalue weighted by Crippen LogP contribution is 2.32. The first-order valence-electron chi connectivity index (χ1n) is 5.83. The molecule has 98 valence electrons. The second-order valence-corrected chi connectivity index (χ2v) is 4.03. The Labute approximate surface area is 110 Å². The number of ether oxygens (including phenoxy) is 1. The van der Waals surface area contributed by atoms with E-state index >= 15 is 0 Å². The average molecular weight is 258 g/mol. The highest BCUT2D eigenvalue weighted by molar-refractivity contribution is 5.69. The predicted octanol–water partition coefficient (Wildman–Crippen LogP) is 2.09. The molecule has 1 N–H and O–H groups in total. The molecular weight excluding hydrogens is 244 g/mol. The Balaban J connectivity index is 2.46. The van der Waals surface area contributed by atoms with Gasteiger partial charge in [0.15, 0.2) is 0 Å². The molecule has 19 heavy (non-hydrogen) atoms. The summed E-state index contributed by atoms with van der Waals surface area (Å²) in [6.07, 6.45) is 2.98.